The number of nitrogens with one attached hydrogen (secondary N) is 1. The monoisotopic (exact) mass is 299 g/mol. The summed E-state index contributed by atoms with van der Waals surface area (Å²) in [7, 11) is 0. The van der Waals surface area contributed by atoms with Gasteiger partial charge >= 0.3 is 0 Å². The predicted octanol–water partition coefficient (Wildman–Crippen LogP) is 4.80. The van der Waals surface area contributed by atoms with E-state index in [9.17, 15) is 0 Å². The summed E-state index contributed by atoms with van der Waals surface area (Å²) in [4.78, 5) is 12.8. The van der Waals surface area contributed by atoms with Crippen LogP contribution in [0.1, 0.15) is 5.56 Å². The van der Waals surface area contributed by atoms with E-state index in [-0.39, 0.29) is 5.28 Å². The minimum Gasteiger partial charge on any atom is -0.346 e. The Morgan fingerprint density at radius 3 is 2.95 bits per heavy atom. The maximum atomic E-state index is 6.02. The average Bonchev–Trinajstić information content (AvgIpc) is 3.02. The second-order valence-electron chi connectivity index (χ2n) is 4.73. The lowest BCUT2D eigenvalue weighted by molar-refractivity contribution is 1.21. The van der Waals surface area contributed by atoms with Gasteiger partial charge in [-0.25, -0.2) is 4.98 Å². The fourth-order valence-electron chi connectivity index (χ4n) is 2.38. The Bertz CT molecular complexity index is 939. The number of hydrogen-bond acceptors (Lipinski definition) is 3. The van der Waals surface area contributed by atoms with Crippen molar-refractivity contribution in [3.05, 3.63) is 47.4 Å². The van der Waals surface area contributed by atoms with Gasteiger partial charge in [0.15, 0.2) is 0 Å². The number of aromatic nitrogens is 3. The summed E-state index contributed by atoms with van der Waals surface area (Å²) in [5.74, 6) is 0. The molecule has 0 aliphatic carbocycles. The number of thiophene rings is 1. The Labute approximate surface area is 124 Å². The van der Waals surface area contributed by atoms with Crippen molar-refractivity contribution < 1.29 is 0 Å². The molecule has 3 heterocycles. The molecule has 1 aromatic carbocycles. The first-order valence-electron chi connectivity index (χ1n) is 6.22. The van der Waals surface area contributed by atoms with Crippen molar-refractivity contribution in [2.75, 3.05) is 0 Å². The van der Waals surface area contributed by atoms with Gasteiger partial charge in [0.2, 0.25) is 5.28 Å². The van der Waals surface area contributed by atoms with Gasteiger partial charge in [0.1, 0.15) is 5.65 Å². The van der Waals surface area contributed by atoms with Crippen molar-refractivity contribution in [3.63, 3.8) is 0 Å². The van der Waals surface area contributed by atoms with Crippen LogP contribution in [0.4, 0.5) is 0 Å². The average molecular weight is 300 g/mol. The number of rotatable bonds is 1. The number of nitrogens with zero attached hydrogens (tertiary/aromatic N) is 2. The van der Waals surface area contributed by atoms with E-state index in [2.05, 4.69) is 46.1 Å². The number of benzene rings is 1. The van der Waals surface area contributed by atoms with Gasteiger partial charge < -0.3 is 4.98 Å². The molecule has 1 N–H and O–H groups in total. The quantitative estimate of drug-likeness (QED) is 0.513. The molecular formula is C15H10ClN3S. The maximum Gasteiger partial charge on any atom is 0.224 e. The highest BCUT2D eigenvalue weighted by Gasteiger charge is 2.12. The van der Waals surface area contributed by atoms with E-state index in [4.69, 9.17) is 11.6 Å². The zero-order valence-electron chi connectivity index (χ0n) is 10.6. The van der Waals surface area contributed by atoms with Gasteiger partial charge in [0.05, 0.1) is 10.6 Å². The topological polar surface area (TPSA) is 41.6 Å². The van der Waals surface area contributed by atoms with Crippen LogP contribution in [-0.2, 0) is 0 Å². The zero-order chi connectivity index (χ0) is 13.7. The van der Waals surface area contributed by atoms with E-state index in [0.29, 0.717) is 0 Å². The van der Waals surface area contributed by atoms with Crippen LogP contribution in [0.5, 0.6) is 0 Å². The van der Waals surface area contributed by atoms with Crippen molar-refractivity contribution in [1.29, 1.82) is 0 Å². The normalized spacial score (nSPS) is 11.5. The Morgan fingerprint density at radius 2 is 2.05 bits per heavy atom. The van der Waals surface area contributed by atoms with Crippen molar-refractivity contribution in [1.82, 2.24) is 15.0 Å². The number of hydrogen-bond donors (Lipinski definition) is 1. The van der Waals surface area contributed by atoms with Crippen LogP contribution >= 0.6 is 22.9 Å². The van der Waals surface area contributed by atoms with Crippen LogP contribution in [0.15, 0.2) is 36.5 Å². The molecule has 3 aromatic heterocycles. The molecule has 0 amide bonds. The number of halogens is 1. The largest absolute Gasteiger partial charge is 0.346 e. The molecule has 3 nitrogen and oxygen atoms in total. The third-order valence-electron chi connectivity index (χ3n) is 3.29. The number of aromatic amines is 1. The molecule has 98 valence electrons. The summed E-state index contributed by atoms with van der Waals surface area (Å²) in [5, 5.41) is 2.50. The summed E-state index contributed by atoms with van der Waals surface area (Å²) in [6.45, 7) is 2.10. The second kappa shape index (κ2) is 4.30. The third-order valence-corrected chi connectivity index (χ3v) is 4.59. The summed E-state index contributed by atoms with van der Waals surface area (Å²) >= 11 is 7.74. The lowest BCUT2D eigenvalue weighted by atomic mass is 10.1. The Kier molecular flexibility index (Phi) is 2.55. The van der Waals surface area contributed by atoms with Crippen LogP contribution in [0, 0.1) is 6.92 Å². The van der Waals surface area contributed by atoms with Gasteiger partial charge in [-0.1, -0.05) is 17.7 Å². The Morgan fingerprint density at radius 1 is 1.15 bits per heavy atom. The van der Waals surface area contributed by atoms with Crippen molar-refractivity contribution in [3.8, 4) is 10.6 Å². The number of H-pyrrole nitrogens is 1. The minimum absolute atomic E-state index is 0.267. The van der Waals surface area contributed by atoms with E-state index in [1.165, 1.54) is 15.6 Å². The molecule has 0 aliphatic heterocycles. The molecule has 0 atom stereocenters. The first-order chi connectivity index (χ1) is 9.70. The highest BCUT2D eigenvalue weighted by Crippen LogP contribution is 2.36. The molecule has 4 rings (SSSR count). The molecule has 0 aliphatic rings. The van der Waals surface area contributed by atoms with Gasteiger partial charge in [-0.15, -0.1) is 11.3 Å². The van der Waals surface area contributed by atoms with Gasteiger partial charge in [-0.05, 0) is 42.1 Å². The van der Waals surface area contributed by atoms with Crippen LogP contribution in [0.2, 0.25) is 5.28 Å². The lowest BCUT2D eigenvalue weighted by Gasteiger charge is -1.99. The third kappa shape index (κ3) is 1.80. The van der Waals surface area contributed by atoms with Crippen LogP contribution in [-0.4, -0.2) is 15.0 Å². The van der Waals surface area contributed by atoms with E-state index in [1.807, 2.05) is 12.3 Å². The molecule has 5 heteroatoms. The predicted molar refractivity (Wildman–Crippen MR) is 84.5 cm³/mol. The molecule has 0 spiro atoms. The van der Waals surface area contributed by atoms with Gasteiger partial charge in [0, 0.05) is 16.3 Å². The lowest BCUT2D eigenvalue weighted by Crippen LogP contribution is -1.87. The molecule has 20 heavy (non-hydrogen) atoms. The maximum absolute atomic E-state index is 6.02. The minimum atomic E-state index is 0.267. The summed E-state index contributed by atoms with van der Waals surface area (Å²) < 4.78 is 1.25. The van der Waals surface area contributed by atoms with Crippen LogP contribution < -0.4 is 0 Å². The first kappa shape index (κ1) is 11.9. The highest BCUT2D eigenvalue weighted by molar-refractivity contribution is 7.22. The van der Waals surface area contributed by atoms with Crippen LogP contribution in [0.3, 0.4) is 0 Å². The molecule has 0 fully saturated rings. The standard InChI is InChI=1S/C15H10ClN3S/c1-8-2-3-11-9(6-8)7-12(20-11)13-10-4-5-17-14(10)19-15(16)18-13/h2-7H,1H3,(H,17,18,19). The van der Waals surface area contributed by atoms with E-state index in [1.54, 1.807) is 11.3 Å². The SMILES string of the molecule is Cc1ccc2sc(-c3nc(Cl)nc4[nH]ccc34)cc2c1. The fourth-order valence-corrected chi connectivity index (χ4v) is 3.60. The number of fused-ring (bicyclic) bond motifs is 2. The molecule has 0 bridgehead atoms. The molecule has 0 saturated heterocycles. The van der Waals surface area contributed by atoms with Gasteiger partial charge in [-0.3, -0.25) is 0 Å². The van der Waals surface area contributed by atoms with E-state index in [0.717, 1.165) is 21.6 Å². The second-order valence-corrected chi connectivity index (χ2v) is 6.15. The van der Waals surface area contributed by atoms with Crippen molar-refractivity contribution in [2.24, 2.45) is 0 Å². The summed E-state index contributed by atoms with van der Waals surface area (Å²) in [6.07, 6.45) is 1.86. The molecular weight excluding hydrogens is 290 g/mol. The summed E-state index contributed by atoms with van der Waals surface area (Å²) in [5.41, 5.74) is 2.92. The Hall–Kier alpha value is -1.91. The first-order valence-corrected chi connectivity index (χ1v) is 7.41. The van der Waals surface area contributed by atoms with E-state index >= 15 is 0 Å². The Balaban J connectivity index is 2.02. The smallest absolute Gasteiger partial charge is 0.224 e. The molecule has 4 aromatic rings. The van der Waals surface area contributed by atoms with E-state index < -0.39 is 0 Å². The van der Waals surface area contributed by atoms with Crippen LogP contribution in [0.25, 0.3) is 31.7 Å². The summed E-state index contributed by atoms with van der Waals surface area (Å²) in [6, 6.07) is 10.6. The molecule has 0 saturated carbocycles. The number of aryl methyl sites for hydroxylation is 1. The zero-order valence-corrected chi connectivity index (χ0v) is 12.2. The molecule has 0 unspecified atom stereocenters. The fraction of sp³-hybridized carbons (Fsp3) is 0.0667. The highest BCUT2D eigenvalue weighted by atomic mass is 35.5. The van der Waals surface area contributed by atoms with Gasteiger partial charge in [-0.2, -0.15) is 4.98 Å². The van der Waals surface area contributed by atoms with Crippen molar-refractivity contribution >= 4 is 44.1 Å². The van der Waals surface area contributed by atoms with Gasteiger partial charge in [0.25, 0.3) is 0 Å². The van der Waals surface area contributed by atoms with Crippen molar-refractivity contribution in [2.45, 2.75) is 6.92 Å². The molecule has 0 radical (unpaired) electrons.